The maximum atomic E-state index is 11.7. The van der Waals surface area contributed by atoms with Crippen LogP contribution in [-0.2, 0) is 9.68 Å². The van der Waals surface area contributed by atoms with Gasteiger partial charge in [-0.25, -0.2) is 9.79 Å². The van der Waals surface area contributed by atoms with E-state index >= 15 is 0 Å². The van der Waals surface area contributed by atoms with Crippen LogP contribution < -0.4 is 0 Å². The number of aldehydes is 1. The highest BCUT2D eigenvalue weighted by Crippen LogP contribution is 2.08. The zero-order valence-electron chi connectivity index (χ0n) is 10.8. The third-order valence-corrected chi connectivity index (χ3v) is 2.59. The molecule has 0 radical (unpaired) electrons. The average molecular weight is 277 g/mol. The highest BCUT2D eigenvalue weighted by molar-refractivity contribution is 6.04. The zero-order valence-corrected chi connectivity index (χ0v) is 10.8. The van der Waals surface area contributed by atoms with E-state index < -0.39 is 11.9 Å². The molecule has 0 aliphatic heterocycles. The second kappa shape index (κ2) is 8.71. The molecule has 0 aliphatic rings. The Kier molecular flexibility index (Phi) is 6.84. The lowest BCUT2D eigenvalue weighted by Gasteiger charge is -1.98. The minimum Gasteiger partial charge on any atom is -0.301 e. The quantitative estimate of drug-likeness (QED) is 0.271. The molecule has 1 aromatic carbocycles. The van der Waals surface area contributed by atoms with E-state index in [9.17, 15) is 14.4 Å². The van der Waals surface area contributed by atoms with E-state index in [0.29, 0.717) is 31.1 Å². The first-order valence-corrected chi connectivity index (χ1v) is 6.14. The fraction of sp³-hybridized carbons (Fsp3) is 0.286. The minimum absolute atomic E-state index is 0.117. The van der Waals surface area contributed by atoms with Crippen LogP contribution >= 0.6 is 0 Å². The van der Waals surface area contributed by atoms with Crippen molar-refractivity contribution in [3.63, 3.8) is 0 Å². The van der Waals surface area contributed by atoms with Gasteiger partial charge in [0, 0.05) is 18.2 Å². The summed E-state index contributed by atoms with van der Waals surface area (Å²) in [4.78, 5) is 40.4. The molecule has 0 saturated carbocycles. The molecule has 20 heavy (non-hydrogen) atoms. The molecule has 0 atom stereocenters. The van der Waals surface area contributed by atoms with Gasteiger partial charge in [0.25, 0.3) is 5.91 Å². The third kappa shape index (κ3) is 5.11. The second-order valence-electron chi connectivity index (χ2n) is 4.03. The van der Waals surface area contributed by atoms with Gasteiger partial charge in [-0.05, 0) is 25.3 Å². The maximum absolute atomic E-state index is 11.7. The van der Waals surface area contributed by atoms with E-state index in [4.69, 9.17) is 5.26 Å². The van der Waals surface area contributed by atoms with Crippen LogP contribution in [0.1, 0.15) is 46.4 Å². The summed E-state index contributed by atoms with van der Waals surface area (Å²) in [5.74, 6) is -1.15. The zero-order chi connectivity index (χ0) is 14.8. The largest absolute Gasteiger partial charge is 0.342 e. The van der Waals surface area contributed by atoms with Gasteiger partial charge in [-0.3, -0.25) is 9.59 Å². The number of unbranched alkanes of at least 4 members (excludes halogenated alkanes) is 2. The highest BCUT2D eigenvalue weighted by atomic mass is 17.1. The van der Waals surface area contributed by atoms with Gasteiger partial charge in [-0.1, -0.05) is 18.2 Å². The topological polar surface area (TPSA) is 93.0 Å². The first kappa shape index (κ1) is 15.7. The molecule has 106 valence electrons. The molecule has 0 aromatic heterocycles. The number of nitrogens with zero attached hydrogens (tertiary/aromatic N) is 1. The van der Waals surface area contributed by atoms with Crippen molar-refractivity contribution in [3.8, 4) is 0 Å². The normalized spacial score (nSPS) is 10.4. The van der Waals surface area contributed by atoms with Gasteiger partial charge in [-0.15, -0.1) is 0 Å². The van der Waals surface area contributed by atoms with Gasteiger partial charge >= 0.3 is 5.97 Å². The summed E-state index contributed by atoms with van der Waals surface area (Å²) in [6.45, 7) is 0. The fourth-order valence-corrected chi connectivity index (χ4v) is 1.56. The van der Waals surface area contributed by atoms with Crippen LogP contribution in [0.15, 0.2) is 29.3 Å². The van der Waals surface area contributed by atoms with Crippen LogP contribution in [0.2, 0.25) is 0 Å². The Bertz CT molecular complexity index is 510. The Morgan fingerprint density at radius 1 is 1.25 bits per heavy atom. The number of hydrogen-bond acceptors (Lipinski definition) is 5. The number of hydrogen-bond donors (Lipinski definition) is 1. The molecule has 0 spiro atoms. The van der Waals surface area contributed by atoms with E-state index in [0.717, 1.165) is 0 Å². The van der Waals surface area contributed by atoms with Crippen molar-refractivity contribution in [3.05, 3.63) is 35.4 Å². The smallest absolute Gasteiger partial charge is 0.301 e. The van der Waals surface area contributed by atoms with Crippen LogP contribution in [0.25, 0.3) is 0 Å². The van der Waals surface area contributed by atoms with Crippen LogP contribution in [0.4, 0.5) is 0 Å². The Morgan fingerprint density at radius 2 is 2.00 bits per heavy atom. The van der Waals surface area contributed by atoms with Crippen molar-refractivity contribution < 1.29 is 24.5 Å². The summed E-state index contributed by atoms with van der Waals surface area (Å²) in [7, 11) is 0. The predicted octanol–water partition coefficient (Wildman–Crippen LogP) is 2.29. The molecular weight excluding hydrogens is 262 g/mol. The van der Waals surface area contributed by atoms with Crippen molar-refractivity contribution in [1.29, 1.82) is 0 Å². The lowest BCUT2D eigenvalue weighted by molar-refractivity contribution is -0.234. The number of amides is 1. The summed E-state index contributed by atoms with van der Waals surface area (Å²) in [6, 6.07) is 6.43. The van der Waals surface area contributed by atoms with Crippen molar-refractivity contribution >= 4 is 24.4 Å². The number of carbonyl (C=O) groups is 3. The van der Waals surface area contributed by atoms with Gasteiger partial charge in [-0.2, -0.15) is 5.26 Å². The van der Waals surface area contributed by atoms with Crippen LogP contribution in [-0.4, -0.2) is 29.6 Å². The molecule has 1 rings (SSSR count). The number of aliphatic imine (C=N–C) groups is 1. The molecule has 0 saturated heterocycles. The molecular formula is C14H15NO5. The molecule has 1 amide bonds. The van der Waals surface area contributed by atoms with Crippen LogP contribution in [0.3, 0.4) is 0 Å². The predicted molar refractivity (Wildman–Crippen MR) is 71.8 cm³/mol. The lowest BCUT2D eigenvalue weighted by Crippen LogP contribution is -2.01. The van der Waals surface area contributed by atoms with Crippen molar-refractivity contribution in [2.24, 2.45) is 4.99 Å². The monoisotopic (exact) mass is 277 g/mol. The third-order valence-electron chi connectivity index (χ3n) is 2.59. The summed E-state index contributed by atoms with van der Waals surface area (Å²) in [5, 5.41) is 8.04. The number of rotatable bonds is 7. The van der Waals surface area contributed by atoms with Crippen molar-refractivity contribution in [2.75, 3.05) is 0 Å². The second-order valence-corrected chi connectivity index (χ2v) is 4.03. The molecule has 0 heterocycles. The summed E-state index contributed by atoms with van der Waals surface area (Å²) < 4.78 is 0. The van der Waals surface area contributed by atoms with Gasteiger partial charge in [0.1, 0.15) is 0 Å². The molecule has 6 nitrogen and oxygen atoms in total. The van der Waals surface area contributed by atoms with Gasteiger partial charge in [0.05, 0.1) is 5.56 Å². The molecule has 1 N–H and O–H groups in total. The lowest BCUT2D eigenvalue weighted by atomic mass is 10.1. The maximum Gasteiger partial charge on any atom is 0.342 e. The Hall–Kier alpha value is -2.34. The average Bonchev–Trinajstić information content (AvgIpc) is 2.49. The summed E-state index contributed by atoms with van der Waals surface area (Å²) >= 11 is 0. The van der Waals surface area contributed by atoms with E-state index in [2.05, 4.69) is 9.88 Å². The molecule has 0 aliphatic carbocycles. The van der Waals surface area contributed by atoms with Gasteiger partial charge in [0.15, 0.2) is 6.29 Å². The van der Waals surface area contributed by atoms with Crippen LogP contribution in [0, 0.1) is 0 Å². The number of benzene rings is 1. The molecule has 1 aromatic rings. The molecule has 6 heteroatoms. The first-order chi connectivity index (χ1) is 9.69. The van der Waals surface area contributed by atoms with E-state index in [1.165, 1.54) is 6.21 Å². The fourth-order valence-electron chi connectivity index (χ4n) is 1.56. The van der Waals surface area contributed by atoms with Gasteiger partial charge in [0.2, 0.25) is 0 Å². The number of carbonyl (C=O) groups excluding carboxylic acids is 3. The highest BCUT2D eigenvalue weighted by Gasteiger charge is 2.08. The Labute approximate surface area is 116 Å². The summed E-state index contributed by atoms with van der Waals surface area (Å²) in [6.07, 6.45) is 3.88. The SMILES string of the molecule is O=Cc1ccccc1C(=O)N=CCCCCC(=O)OO. The Balaban J connectivity index is 2.40. The first-order valence-electron chi connectivity index (χ1n) is 6.14. The van der Waals surface area contributed by atoms with E-state index in [-0.39, 0.29) is 12.0 Å². The summed E-state index contributed by atoms with van der Waals surface area (Å²) in [5.41, 5.74) is 0.572. The van der Waals surface area contributed by atoms with E-state index in [1.54, 1.807) is 24.3 Å². The molecule has 0 fully saturated rings. The van der Waals surface area contributed by atoms with Crippen LogP contribution in [0.5, 0.6) is 0 Å². The van der Waals surface area contributed by atoms with Crippen molar-refractivity contribution in [2.45, 2.75) is 25.7 Å². The van der Waals surface area contributed by atoms with Gasteiger partial charge < -0.3 is 4.89 Å². The molecule has 0 bridgehead atoms. The Morgan fingerprint density at radius 3 is 2.70 bits per heavy atom. The molecule has 0 unspecified atom stereocenters. The minimum atomic E-state index is -0.682. The van der Waals surface area contributed by atoms with E-state index in [1.807, 2.05) is 0 Å². The van der Waals surface area contributed by atoms with Crippen molar-refractivity contribution in [1.82, 2.24) is 0 Å². The standard InChI is InChI=1S/C14H15NO5/c16-10-11-6-3-4-7-12(11)14(18)15-9-5-1-2-8-13(17)20-19/h3-4,6-7,9-10,19H,1-2,5,8H2.